The number of carbonyl (C=O) groups excluding carboxylic acids is 2. The molecule has 0 radical (unpaired) electrons. The molecule has 6 nitrogen and oxygen atoms in total. The first-order chi connectivity index (χ1) is 11.9. The topological polar surface area (TPSA) is 71.1 Å². The average molecular weight is 350 g/mol. The lowest BCUT2D eigenvalue weighted by Gasteiger charge is -2.13. The van der Waals surface area contributed by atoms with Crippen molar-refractivity contribution in [3.8, 4) is 11.5 Å². The monoisotopic (exact) mass is 350 g/mol. The van der Waals surface area contributed by atoms with E-state index in [0.717, 1.165) is 0 Å². The van der Waals surface area contributed by atoms with Crippen molar-refractivity contribution in [3.63, 3.8) is 0 Å². The third kappa shape index (κ3) is 6.49. The molecule has 0 saturated heterocycles. The van der Waals surface area contributed by atoms with Gasteiger partial charge < -0.3 is 18.9 Å². The van der Waals surface area contributed by atoms with Gasteiger partial charge >= 0.3 is 11.9 Å². The zero-order chi connectivity index (χ0) is 18.8. The molecule has 0 amide bonds. The van der Waals surface area contributed by atoms with Gasteiger partial charge in [-0.1, -0.05) is 19.9 Å². The van der Waals surface area contributed by atoms with Crippen LogP contribution in [-0.4, -0.2) is 38.9 Å². The SMILES string of the molecule is CCOC(=O)C(=Cc1ccc(OC)c(OCC(C)C)c1)C(=O)OCC. The molecule has 1 aromatic rings. The number of benzene rings is 1. The predicted molar refractivity (Wildman–Crippen MR) is 94.6 cm³/mol. The summed E-state index contributed by atoms with van der Waals surface area (Å²) in [4.78, 5) is 24.1. The van der Waals surface area contributed by atoms with Crippen LogP contribution in [0.4, 0.5) is 0 Å². The van der Waals surface area contributed by atoms with E-state index in [1.54, 1.807) is 39.2 Å². The molecule has 0 fully saturated rings. The molecule has 0 N–H and O–H groups in total. The maximum Gasteiger partial charge on any atom is 0.345 e. The van der Waals surface area contributed by atoms with Crippen LogP contribution in [0.25, 0.3) is 6.08 Å². The Bertz CT molecular complexity index is 598. The molecule has 0 aliphatic rings. The molecule has 0 atom stereocenters. The second kappa shape index (κ2) is 10.4. The van der Waals surface area contributed by atoms with Crippen LogP contribution in [0.5, 0.6) is 11.5 Å². The van der Waals surface area contributed by atoms with Crippen molar-refractivity contribution >= 4 is 18.0 Å². The Morgan fingerprint density at radius 1 is 1.04 bits per heavy atom. The molecule has 25 heavy (non-hydrogen) atoms. The molecule has 0 aliphatic heterocycles. The summed E-state index contributed by atoms with van der Waals surface area (Å²) in [6.07, 6.45) is 1.43. The second-order valence-corrected chi connectivity index (χ2v) is 5.61. The summed E-state index contributed by atoms with van der Waals surface area (Å²) in [5, 5.41) is 0. The lowest BCUT2D eigenvalue weighted by Crippen LogP contribution is -2.18. The van der Waals surface area contributed by atoms with Crippen molar-refractivity contribution in [2.24, 2.45) is 5.92 Å². The third-order valence-electron chi connectivity index (χ3n) is 3.06. The van der Waals surface area contributed by atoms with Gasteiger partial charge in [0.25, 0.3) is 0 Å². The molecule has 0 aliphatic carbocycles. The Kier molecular flexibility index (Phi) is 8.53. The lowest BCUT2D eigenvalue weighted by molar-refractivity contribution is -0.146. The van der Waals surface area contributed by atoms with E-state index in [1.807, 2.05) is 13.8 Å². The largest absolute Gasteiger partial charge is 0.493 e. The number of ether oxygens (including phenoxy) is 4. The van der Waals surface area contributed by atoms with Crippen LogP contribution in [0, 0.1) is 5.92 Å². The zero-order valence-corrected chi connectivity index (χ0v) is 15.5. The van der Waals surface area contributed by atoms with Gasteiger partial charge in [0.1, 0.15) is 5.57 Å². The number of rotatable bonds is 9. The van der Waals surface area contributed by atoms with Gasteiger partial charge in [0, 0.05) is 0 Å². The minimum Gasteiger partial charge on any atom is -0.493 e. The zero-order valence-electron chi connectivity index (χ0n) is 15.5. The van der Waals surface area contributed by atoms with Gasteiger partial charge in [0.2, 0.25) is 0 Å². The Morgan fingerprint density at radius 2 is 1.64 bits per heavy atom. The molecule has 0 spiro atoms. The van der Waals surface area contributed by atoms with Crippen LogP contribution in [0.1, 0.15) is 33.3 Å². The fraction of sp³-hybridized carbons (Fsp3) is 0.474. The molecule has 138 valence electrons. The van der Waals surface area contributed by atoms with Crippen molar-refractivity contribution in [1.82, 2.24) is 0 Å². The van der Waals surface area contributed by atoms with E-state index in [4.69, 9.17) is 18.9 Å². The normalized spacial score (nSPS) is 10.2. The molecule has 6 heteroatoms. The van der Waals surface area contributed by atoms with Crippen molar-refractivity contribution in [2.75, 3.05) is 26.9 Å². The van der Waals surface area contributed by atoms with E-state index < -0.39 is 11.9 Å². The van der Waals surface area contributed by atoms with Crippen LogP contribution < -0.4 is 9.47 Å². The maximum atomic E-state index is 12.0. The highest BCUT2D eigenvalue weighted by Crippen LogP contribution is 2.29. The van der Waals surface area contributed by atoms with Crippen molar-refractivity contribution in [2.45, 2.75) is 27.7 Å². The third-order valence-corrected chi connectivity index (χ3v) is 3.06. The van der Waals surface area contributed by atoms with Gasteiger partial charge in [-0.05, 0) is 43.5 Å². The summed E-state index contributed by atoms with van der Waals surface area (Å²) in [5.74, 6) is 0.0185. The molecular formula is C19H26O6. The molecule has 0 saturated carbocycles. The van der Waals surface area contributed by atoms with Crippen LogP contribution in [0.15, 0.2) is 23.8 Å². The van der Waals surface area contributed by atoms with E-state index in [0.29, 0.717) is 29.6 Å². The minimum atomic E-state index is -0.721. The van der Waals surface area contributed by atoms with Gasteiger partial charge in [-0.3, -0.25) is 0 Å². The highest BCUT2D eigenvalue weighted by atomic mass is 16.6. The average Bonchev–Trinajstić information content (AvgIpc) is 2.58. The number of carbonyl (C=O) groups is 2. The van der Waals surface area contributed by atoms with Crippen molar-refractivity contribution in [1.29, 1.82) is 0 Å². The maximum absolute atomic E-state index is 12.0. The number of hydrogen-bond acceptors (Lipinski definition) is 6. The molecule has 0 heterocycles. The Labute approximate surface area is 148 Å². The second-order valence-electron chi connectivity index (χ2n) is 5.61. The minimum absolute atomic E-state index is 0.163. The van der Waals surface area contributed by atoms with E-state index in [1.165, 1.54) is 6.08 Å². The fourth-order valence-electron chi connectivity index (χ4n) is 1.94. The van der Waals surface area contributed by atoms with Crippen molar-refractivity contribution < 1.29 is 28.5 Å². The first-order valence-electron chi connectivity index (χ1n) is 8.29. The number of esters is 2. The van der Waals surface area contributed by atoms with E-state index in [2.05, 4.69) is 0 Å². The van der Waals surface area contributed by atoms with E-state index in [-0.39, 0.29) is 18.8 Å². The fourth-order valence-corrected chi connectivity index (χ4v) is 1.94. The number of methoxy groups -OCH3 is 1. The first kappa shape index (κ1) is 20.5. The molecule has 0 bridgehead atoms. The predicted octanol–water partition coefficient (Wildman–Crippen LogP) is 3.24. The first-order valence-corrected chi connectivity index (χ1v) is 8.29. The molecular weight excluding hydrogens is 324 g/mol. The summed E-state index contributed by atoms with van der Waals surface area (Å²) in [6, 6.07) is 5.15. The van der Waals surface area contributed by atoms with Crippen LogP contribution >= 0.6 is 0 Å². The summed E-state index contributed by atoms with van der Waals surface area (Å²) in [6.45, 7) is 8.28. The lowest BCUT2D eigenvalue weighted by atomic mass is 10.1. The van der Waals surface area contributed by atoms with E-state index >= 15 is 0 Å². The van der Waals surface area contributed by atoms with Crippen LogP contribution in [-0.2, 0) is 19.1 Å². The van der Waals surface area contributed by atoms with Crippen LogP contribution in [0.3, 0.4) is 0 Å². The summed E-state index contributed by atoms with van der Waals surface area (Å²) in [5.41, 5.74) is 0.444. The summed E-state index contributed by atoms with van der Waals surface area (Å²) < 4.78 is 20.9. The highest BCUT2D eigenvalue weighted by molar-refractivity contribution is 6.17. The highest BCUT2D eigenvalue weighted by Gasteiger charge is 2.21. The smallest absolute Gasteiger partial charge is 0.345 e. The van der Waals surface area contributed by atoms with Gasteiger partial charge in [-0.15, -0.1) is 0 Å². The Balaban J connectivity index is 3.20. The number of hydrogen-bond donors (Lipinski definition) is 0. The van der Waals surface area contributed by atoms with Crippen LogP contribution in [0.2, 0.25) is 0 Å². The van der Waals surface area contributed by atoms with Gasteiger partial charge in [-0.25, -0.2) is 9.59 Å². The van der Waals surface area contributed by atoms with Gasteiger partial charge in [0.05, 0.1) is 26.9 Å². The van der Waals surface area contributed by atoms with Gasteiger partial charge in [-0.2, -0.15) is 0 Å². The van der Waals surface area contributed by atoms with E-state index in [9.17, 15) is 9.59 Å². The molecule has 1 aromatic carbocycles. The summed E-state index contributed by atoms with van der Waals surface area (Å²) in [7, 11) is 1.55. The Hall–Kier alpha value is -2.50. The molecule has 0 unspecified atom stereocenters. The van der Waals surface area contributed by atoms with Crippen molar-refractivity contribution in [3.05, 3.63) is 29.3 Å². The van der Waals surface area contributed by atoms with Gasteiger partial charge in [0.15, 0.2) is 11.5 Å². The summed E-state index contributed by atoms with van der Waals surface area (Å²) >= 11 is 0. The molecule has 1 rings (SSSR count). The Morgan fingerprint density at radius 3 is 2.12 bits per heavy atom. The quantitative estimate of drug-likeness (QED) is 0.295. The molecule has 0 aromatic heterocycles. The standard InChI is InChI=1S/C19H26O6/c1-6-23-18(20)15(19(21)24-7-2)10-14-8-9-16(22-5)17(11-14)25-12-13(3)4/h8-11,13H,6-7,12H2,1-5H3.